The molecule has 0 aliphatic rings. The molecule has 8 nitrogen and oxygen atoms in total. The fraction of sp³-hybridized carbons (Fsp3) is 0.308. The van der Waals surface area contributed by atoms with Gasteiger partial charge in [-0.05, 0) is 12.1 Å². The van der Waals surface area contributed by atoms with Gasteiger partial charge in [0.15, 0.2) is 0 Å². The van der Waals surface area contributed by atoms with Crippen molar-refractivity contribution in [1.82, 2.24) is 10.6 Å². The fourth-order valence-corrected chi connectivity index (χ4v) is 1.32. The van der Waals surface area contributed by atoms with Crippen molar-refractivity contribution in [2.24, 2.45) is 0 Å². The van der Waals surface area contributed by atoms with E-state index in [4.69, 9.17) is 9.84 Å². The maximum Gasteiger partial charge on any atom is 0.413 e. The minimum absolute atomic E-state index is 0.293. The minimum atomic E-state index is -1.23. The monoisotopic (exact) mass is 296 g/mol. The Bertz CT molecular complexity index is 491. The molecule has 3 N–H and O–H groups in total. The lowest BCUT2D eigenvalue weighted by molar-refractivity contribution is -0.141. The molecule has 0 heterocycles. The van der Waals surface area contributed by atoms with E-state index in [0.29, 0.717) is 5.75 Å². The van der Waals surface area contributed by atoms with Crippen molar-refractivity contribution in [3.8, 4) is 5.75 Å². The Labute approximate surface area is 121 Å². The van der Waals surface area contributed by atoms with Gasteiger partial charge < -0.3 is 25.2 Å². The molecule has 0 radical (unpaired) electrons. The zero-order valence-corrected chi connectivity index (χ0v) is 11.4. The van der Waals surface area contributed by atoms with Gasteiger partial charge in [-0.2, -0.15) is 0 Å². The molecule has 0 saturated heterocycles. The number of aliphatic hydroxyl groups is 1. The second-order valence-corrected chi connectivity index (χ2v) is 3.88. The molecule has 21 heavy (non-hydrogen) atoms. The molecule has 2 amide bonds. The summed E-state index contributed by atoms with van der Waals surface area (Å²) in [6, 6.07) is 6.99. The minimum Gasteiger partial charge on any atom is -0.468 e. The van der Waals surface area contributed by atoms with Crippen molar-refractivity contribution in [3.63, 3.8) is 0 Å². The van der Waals surface area contributed by atoms with Crippen LogP contribution in [0.15, 0.2) is 30.3 Å². The molecule has 1 aromatic carbocycles. The van der Waals surface area contributed by atoms with E-state index in [2.05, 4.69) is 15.4 Å². The predicted octanol–water partition coefficient (Wildman–Crippen LogP) is -0.575. The first-order valence-electron chi connectivity index (χ1n) is 6.05. The first-order valence-corrected chi connectivity index (χ1v) is 6.05. The Hall–Kier alpha value is -2.61. The summed E-state index contributed by atoms with van der Waals surface area (Å²) in [5.41, 5.74) is 0. The van der Waals surface area contributed by atoms with Gasteiger partial charge in [-0.15, -0.1) is 0 Å². The molecule has 0 aromatic heterocycles. The number of methoxy groups -OCH3 is 1. The summed E-state index contributed by atoms with van der Waals surface area (Å²) in [5.74, 6) is -1.08. The molecule has 114 valence electrons. The van der Waals surface area contributed by atoms with Crippen LogP contribution < -0.4 is 15.4 Å². The number of benzene rings is 1. The van der Waals surface area contributed by atoms with Crippen LogP contribution in [0.2, 0.25) is 0 Å². The van der Waals surface area contributed by atoms with Crippen LogP contribution in [0.5, 0.6) is 5.75 Å². The van der Waals surface area contributed by atoms with Gasteiger partial charge in [0.1, 0.15) is 18.3 Å². The van der Waals surface area contributed by atoms with E-state index in [1.54, 1.807) is 30.3 Å². The van der Waals surface area contributed by atoms with Gasteiger partial charge >= 0.3 is 12.1 Å². The Kier molecular flexibility index (Phi) is 6.69. The molecule has 0 saturated carbocycles. The molecule has 0 spiro atoms. The topological polar surface area (TPSA) is 114 Å². The number of aliphatic hydroxyl groups excluding tert-OH is 1. The SMILES string of the molecule is COC(=O)CNC(=O)[C@@H](CO)NC(=O)Oc1ccccc1. The van der Waals surface area contributed by atoms with Gasteiger partial charge in [-0.25, -0.2) is 4.79 Å². The van der Waals surface area contributed by atoms with Gasteiger partial charge in [0, 0.05) is 0 Å². The zero-order chi connectivity index (χ0) is 15.7. The summed E-state index contributed by atoms with van der Waals surface area (Å²) < 4.78 is 9.26. The number of hydrogen-bond donors (Lipinski definition) is 3. The lowest BCUT2D eigenvalue weighted by atomic mass is 10.3. The van der Waals surface area contributed by atoms with Gasteiger partial charge in [-0.1, -0.05) is 18.2 Å². The van der Waals surface area contributed by atoms with Crippen molar-refractivity contribution < 1.29 is 29.0 Å². The molecular weight excluding hydrogens is 280 g/mol. The number of carbonyl (C=O) groups is 3. The quantitative estimate of drug-likeness (QED) is 0.605. The molecule has 1 atom stereocenters. The Morgan fingerprint density at radius 1 is 1.24 bits per heavy atom. The summed E-state index contributed by atoms with van der Waals surface area (Å²) in [4.78, 5) is 34.1. The maximum atomic E-state index is 11.6. The highest BCUT2D eigenvalue weighted by molar-refractivity contribution is 5.88. The van der Waals surface area contributed by atoms with Crippen molar-refractivity contribution in [1.29, 1.82) is 0 Å². The van der Waals surface area contributed by atoms with Crippen LogP contribution in [0.25, 0.3) is 0 Å². The normalized spacial score (nSPS) is 11.1. The number of amides is 2. The third-order valence-corrected chi connectivity index (χ3v) is 2.38. The van der Waals surface area contributed by atoms with Gasteiger partial charge in [-0.3, -0.25) is 9.59 Å². The van der Waals surface area contributed by atoms with E-state index in [9.17, 15) is 14.4 Å². The van der Waals surface area contributed by atoms with Crippen LogP contribution in [0.1, 0.15) is 0 Å². The third kappa shape index (κ3) is 5.91. The molecule has 8 heteroatoms. The third-order valence-electron chi connectivity index (χ3n) is 2.38. The highest BCUT2D eigenvalue weighted by Crippen LogP contribution is 2.08. The molecule has 0 fully saturated rings. The van der Waals surface area contributed by atoms with Gasteiger partial charge in [0.05, 0.1) is 13.7 Å². The van der Waals surface area contributed by atoms with Crippen molar-refractivity contribution in [2.75, 3.05) is 20.3 Å². The average Bonchev–Trinajstić information content (AvgIpc) is 2.50. The lowest BCUT2D eigenvalue weighted by Gasteiger charge is -2.15. The molecule has 0 aliphatic carbocycles. The van der Waals surface area contributed by atoms with E-state index in [-0.39, 0.29) is 6.54 Å². The second kappa shape index (κ2) is 8.54. The van der Waals surface area contributed by atoms with Crippen LogP contribution in [0.4, 0.5) is 4.79 Å². The van der Waals surface area contributed by atoms with Crippen LogP contribution in [-0.4, -0.2) is 49.4 Å². The smallest absolute Gasteiger partial charge is 0.413 e. The number of hydrogen-bond acceptors (Lipinski definition) is 6. The predicted molar refractivity (Wildman–Crippen MR) is 71.5 cm³/mol. The number of carbonyl (C=O) groups excluding carboxylic acids is 3. The van der Waals surface area contributed by atoms with Crippen LogP contribution in [0.3, 0.4) is 0 Å². The summed E-state index contributed by atoms with van der Waals surface area (Å²) >= 11 is 0. The van der Waals surface area contributed by atoms with E-state index >= 15 is 0 Å². The van der Waals surface area contributed by atoms with Gasteiger partial charge in [0.25, 0.3) is 0 Å². The molecular formula is C13H16N2O6. The highest BCUT2D eigenvalue weighted by Gasteiger charge is 2.21. The Morgan fingerprint density at radius 2 is 1.90 bits per heavy atom. The van der Waals surface area contributed by atoms with Crippen LogP contribution in [-0.2, 0) is 14.3 Å². The fourth-order valence-electron chi connectivity index (χ4n) is 1.32. The average molecular weight is 296 g/mol. The second-order valence-electron chi connectivity index (χ2n) is 3.88. The number of nitrogens with one attached hydrogen (secondary N) is 2. The highest BCUT2D eigenvalue weighted by atomic mass is 16.6. The molecule has 0 unspecified atom stereocenters. The van der Waals surface area contributed by atoms with Crippen LogP contribution in [0, 0.1) is 0 Å². The first-order chi connectivity index (χ1) is 10.1. The standard InChI is InChI=1S/C13H16N2O6/c1-20-11(17)7-14-12(18)10(8-16)15-13(19)21-9-5-3-2-4-6-9/h2-6,10,16H,7-8H2,1H3,(H,14,18)(H,15,19)/t10-/m1/s1. The number of ether oxygens (including phenoxy) is 2. The summed E-state index contributed by atoms with van der Waals surface area (Å²) in [5, 5.41) is 13.5. The van der Waals surface area contributed by atoms with Gasteiger partial charge in [0.2, 0.25) is 5.91 Å². The molecule has 0 aliphatic heterocycles. The Morgan fingerprint density at radius 3 is 2.48 bits per heavy atom. The summed E-state index contributed by atoms with van der Waals surface area (Å²) in [7, 11) is 1.17. The molecule has 1 aromatic rings. The number of esters is 1. The van der Waals surface area contributed by atoms with Crippen molar-refractivity contribution in [2.45, 2.75) is 6.04 Å². The molecule has 0 bridgehead atoms. The maximum absolute atomic E-state index is 11.6. The summed E-state index contributed by atoms with van der Waals surface area (Å²) in [6.45, 7) is -1.00. The largest absolute Gasteiger partial charge is 0.468 e. The van der Waals surface area contributed by atoms with Crippen molar-refractivity contribution in [3.05, 3.63) is 30.3 Å². The van der Waals surface area contributed by atoms with E-state index in [1.807, 2.05) is 0 Å². The number of para-hydroxylation sites is 1. The lowest BCUT2D eigenvalue weighted by Crippen LogP contribution is -2.50. The molecule has 1 rings (SSSR count). The first kappa shape index (κ1) is 16.4. The van der Waals surface area contributed by atoms with Crippen LogP contribution >= 0.6 is 0 Å². The summed E-state index contributed by atoms with van der Waals surface area (Å²) in [6.07, 6.45) is -0.895. The van der Waals surface area contributed by atoms with E-state index in [1.165, 1.54) is 7.11 Å². The van der Waals surface area contributed by atoms with Crippen molar-refractivity contribution >= 4 is 18.0 Å². The zero-order valence-electron chi connectivity index (χ0n) is 11.4. The van der Waals surface area contributed by atoms with E-state index in [0.717, 1.165) is 0 Å². The van der Waals surface area contributed by atoms with E-state index < -0.39 is 30.6 Å². The number of rotatable bonds is 6. The Balaban J connectivity index is 2.47.